The molecule has 5 heteroatoms. The van der Waals surface area contributed by atoms with Crippen LogP contribution in [-0.2, 0) is 0 Å². The van der Waals surface area contributed by atoms with Gasteiger partial charge in [0.05, 0.1) is 16.0 Å². The van der Waals surface area contributed by atoms with E-state index >= 15 is 0 Å². The van der Waals surface area contributed by atoms with E-state index in [0.29, 0.717) is 21.4 Å². The molecule has 0 radical (unpaired) electrons. The summed E-state index contributed by atoms with van der Waals surface area (Å²) in [5.41, 5.74) is 8.15. The second-order valence-electron chi connectivity index (χ2n) is 5.80. The monoisotopic (exact) mass is 366 g/mol. The van der Waals surface area contributed by atoms with Crippen LogP contribution in [0, 0.1) is 11.3 Å². The van der Waals surface area contributed by atoms with E-state index in [4.69, 9.17) is 33.7 Å². The number of nitrogens with two attached hydrogens (primary N) is 1. The molecule has 122 valence electrons. The van der Waals surface area contributed by atoms with Crippen molar-refractivity contribution in [2.45, 2.75) is 5.92 Å². The van der Waals surface area contributed by atoms with Gasteiger partial charge in [-0.3, -0.25) is 0 Å². The highest BCUT2D eigenvalue weighted by molar-refractivity contribution is 6.42. The molecule has 1 aliphatic rings. The van der Waals surface area contributed by atoms with Crippen LogP contribution in [0.3, 0.4) is 0 Å². The van der Waals surface area contributed by atoms with E-state index in [2.05, 4.69) is 6.07 Å². The highest BCUT2D eigenvalue weighted by atomic mass is 35.5. The van der Waals surface area contributed by atoms with Crippen LogP contribution in [0.4, 0.5) is 0 Å². The van der Waals surface area contributed by atoms with E-state index in [-0.39, 0.29) is 11.8 Å². The summed E-state index contributed by atoms with van der Waals surface area (Å²) in [6.45, 7) is 0. The molecule has 0 saturated heterocycles. The Morgan fingerprint density at radius 2 is 1.80 bits per heavy atom. The second kappa shape index (κ2) is 6.00. The minimum absolute atomic E-state index is 0.113. The molecule has 25 heavy (non-hydrogen) atoms. The predicted molar refractivity (Wildman–Crippen MR) is 99.7 cm³/mol. The van der Waals surface area contributed by atoms with Gasteiger partial charge in [0, 0.05) is 10.9 Å². The van der Waals surface area contributed by atoms with Gasteiger partial charge in [0.2, 0.25) is 5.88 Å². The Bertz CT molecular complexity index is 1080. The lowest BCUT2D eigenvalue weighted by atomic mass is 9.82. The van der Waals surface area contributed by atoms with E-state index in [9.17, 15) is 5.26 Å². The van der Waals surface area contributed by atoms with Crippen molar-refractivity contribution in [2.24, 2.45) is 5.73 Å². The number of hydrogen-bond donors (Lipinski definition) is 1. The van der Waals surface area contributed by atoms with Gasteiger partial charge >= 0.3 is 0 Å². The molecule has 0 aromatic heterocycles. The fourth-order valence-electron chi connectivity index (χ4n) is 3.22. The molecular formula is C20H12Cl2N2O. The van der Waals surface area contributed by atoms with Gasteiger partial charge in [-0.2, -0.15) is 5.26 Å². The van der Waals surface area contributed by atoms with Gasteiger partial charge in [-0.15, -0.1) is 0 Å². The number of nitrogens with zero attached hydrogens (tertiary/aromatic N) is 1. The fraction of sp³-hybridized carbons (Fsp3) is 0.0500. The minimum atomic E-state index is -0.354. The van der Waals surface area contributed by atoms with Crippen LogP contribution in [0.25, 0.3) is 10.8 Å². The number of benzene rings is 3. The molecule has 1 atom stereocenters. The van der Waals surface area contributed by atoms with Crippen molar-refractivity contribution in [2.75, 3.05) is 0 Å². The first-order valence-corrected chi connectivity index (χ1v) is 8.40. The summed E-state index contributed by atoms with van der Waals surface area (Å²) in [5, 5.41) is 12.5. The molecule has 3 aromatic rings. The maximum Gasteiger partial charge on any atom is 0.205 e. The van der Waals surface area contributed by atoms with Gasteiger partial charge in [0.15, 0.2) is 0 Å². The number of halogens is 2. The Morgan fingerprint density at radius 1 is 1.00 bits per heavy atom. The van der Waals surface area contributed by atoms with E-state index < -0.39 is 0 Å². The zero-order valence-corrected chi connectivity index (χ0v) is 14.5. The molecule has 4 rings (SSSR count). The van der Waals surface area contributed by atoms with Gasteiger partial charge < -0.3 is 10.5 Å². The van der Waals surface area contributed by atoms with Crippen molar-refractivity contribution in [1.29, 1.82) is 5.26 Å². The van der Waals surface area contributed by atoms with Crippen LogP contribution < -0.4 is 10.5 Å². The number of rotatable bonds is 1. The Labute approximate surface area is 154 Å². The maximum absolute atomic E-state index is 9.63. The first-order valence-electron chi connectivity index (χ1n) is 7.64. The van der Waals surface area contributed by atoms with Crippen molar-refractivity contribution in [3.63, 3.8) is 0 Å². The highest BCUT2D eigenvalue weighted by Gasteiger charge is 2.31. The Morgan fingerprint density at radius 3 is 2.56 bits per heavy atom. The van der Waals surface area contributed by atoms with Crippen LogP contribution in [0.15, 0.2) is 66.1 Å². The number of hydrogen-bond acceptors (Lipinski definition) is 3. The fourth-order valence-corrected chi connectivity index (χ4v) is 3.53. The van der Waals surface area contributed by atoms with Gasteiger partial charge in [-0.05, 0) is 23.1 Å². The summed E-state index contributed by atoms with van der Waals surface area (Å²) >= 11 is 12.2. The normalized spacial score (nSPS) is 16.3. The standard InChI is InChI=1S/C20H12Cl2N2O/c21-16-8-6-12(9-17(16)22)18-14-7-5-11-3-1-2-4-13(11)19(14)25-20(24)15(18)10-23/h1-9,18H,24H2. The molecule has 0 amide bonds. The molecular weight excluding hydrogens is 355 g/mol. The largest absolute Gasteiger partial charge is 0.440 e. The van der Waals surface area contributed by atoms with Crippen LogP contribution in [0.1, 0.15) is 17.0 Å². The van der Waals surface area contributed by atoms with Crippen molar-refractivity contribution in [1.82, 2.24) is 0 Å². The SMILES string of the molecule is N#CC1=C(N)Oc2c(ccc3ccccc23)C1c1ccc(Cl)c(Cl)c1. The Hall–Kier alpha value is -2.67. The zero-order valence-electron chi connectivity index (χ0n) is 13.0. The highest BCUT2D eigenvalue weighted by Crippen LogP contribution is 2.45. The molecule has 3 aromatic carbocycles. The molecule has 2 N–H and O–H groups in total. The smallest absolute Gasteiger partial charge is 0.205 e. The van der Waals surface area contributed by atoms with Crippen molar-refractivity contribution >= 4 is 34.0 Å². The third-order valence-electron chi connectivity index (χ3n) is 4.38. The predicted octanol–water partition coefficient (Wildman–Crippen LogP) is 5.36. The maximum atomic E-state index is 9.63. The average Bonchev–Trinajstić information content (AvgIpc) is 2.63. The lowest BCUT2D eigenvalue weighted by molar-refractivity contribution is 0.398. The van der Waals surface area contributed by atoms with Gasteiger partial charge in [-0.1, -0.05) is 65.7 Å². The molecule has 1 unspecified atom stereocenters. The lowest BCUT2D eigenvalue weighted by Crippen LogP contribution is -2.21. The second-order valence-corrected chi connectivity index (χ2v) is 6.62. The van der Waals surface area contributed by atoms with Crippen LogP contribution in [0.2, 0.25) is 10.0 Å². The molecule has 3 nitrogen and oxygen atoms in total. The number of fused-ring (bicyclic) bond motifs is 3. The summed E-state index contributed by atoms with van der Waals surface area (Å²) < 4.78 is 5.83. The first kappa shape index (κ1) is 15.8. The van der Waals surface area contributed by atoms with Crippen molar-refractivity contribution < 1.29 is 4.74 Å². The van der Waals surface area contributed by atoms with Crippen LogP contribution in [0.5, 0.6) is 5.75 Å². The number of allylic oxidation sites excluding steroid dienone is 1. The Balaban J connectivity index is 2.01. The summed E-state index contributed by atoms with van der Waals surface area (Å²) in [6, 6.07) is 19.4. The summed E-state index contributed by atoms with van der Waals surface area (Å²) in [5.74, 6) is 0.432. The topological polar surface area (TPSA) is 59.0 Å². The van der Waals surface area contributed by atoms with Crippen molar-refractivity contribution in [3.8, 4) is 11.8 Å². The van der Waals surface area contributed by atoms with Crippen LogP contribution in [-0.4, -0.2) is 0 Å². The molecule has 0 saturated carbocycles. The quantitative estimate of drug-likeness (QED) is 0.630. The summed E-state index contributed by atoms with van der Waals surface area (Å²) in [7, 11) is 0. The average molecular weight is 367 g/mol. The van der Waals surface area contributed by atoms with Crippen molar-refractivity contribution in [3.05, 3.63) is 87.2 Å². The molecule has 1 aliphatic heterocycles. The number of ether oxygens (including phenoxy) is 1. The van der Waals surface area contributed by atoms with Crippen LogP contribution >= 0.6 is 23.2 Å². The van der Waals surface area contributed by atoms with E-state index in [0.717, 1.165) is 21.9 Å². The third kappa shape index (κ3) is 2.51. The first-order chi connectivity index (χ1) is 12.1. The molecule has 1 heterocycles. The zero-order chi connectivity index (χ0) is 17.6. The van der Waals surface area contributed by atoms with E-state index in [1.165, 1.54) is 0 Å². The van der Waals surface area contributed by atoms with E-state index in [1.54, 1.807) is 12.1 Å². The molecule has 0 spiro atoms. The lowest BCUT2D eigenvalue weighted by Gasteiger charge is -2.27. The van der Waals surface area contributed by atoms with Gasteiger partial charge in [0.25, 0.3) is 0 Å². The van der Waals surface area contributed by atoms with E-state index in [1.807, 2.05) is 42.5 Å². The summed E-state index contributed by atoms with van der Waals surface area (Å²) in [6.07, 6.45) is 0. The Kier molecular flexibility index (Phi) is 3.80. The minimum Gasteiger partial charge on any atom is -0.440 e. The third-order valence-corrected chi connectivity index (χ3v) is 5.12. The summed E-state index contributed by atoms with van der Waals surface area (Å²) in [4.78, 5) is 0. The van der Waals surface area contributed by atoms with Gasteiger partial charge in [-0.25, -0.2) is 0 Å². The molecule has 0 aliphatic carbocycles. The molecule has 0 fully saturated rings. The number of nitriles is 1. The molecule has 0 bridgehead atoms. The van der Waals surface area contributed by atoms with Gasteiger partial charge in [0.1, 0.15) is 17.4 Å².